The number of carboxylic acid groups (broad SMARTS) is 1. The first-order valence-corrected chi connectivity index (χ1v) is 7.64. The SMILES string of the molecule is Cc1ccc(-c2cc(C(=O)N3CCCC3C(=O)O)[nH]n2)cc1C. The first kappa shape index (κ1) is 15.3. The third-order valence-electron chi connectivity index (χ3n) is 4.41. The molecular formula is C17H19N3O3. The number of hydrogen-bond acceptors (Lipinski definition) is 3. The number of aromatic amines is 1. The summed E-state index contributed by atoms with van der Waals surface area (Å²) in [4.78, 5) is 25.1. The molecule has 6 heteroatoms. The lowest BCUT2D eigenvalue weighted by Gasteiger charge is -2.20. The van der Waals surface area contributed by atoms with Gasteiger partial charge in [-0.1, -0.05) is 12.1 Å². The molecule has 1 atom stereocenters. The number of H-pyrrole nitrogens is 1. The van der Waals surface area contributed by atoms with Crippen molar-refractivity contribution in [2.24, 2.45) is 0 Å². The molecule has 1 amide bonds. The summed E-state index contributed by atoms with van der Waals surface area (Å²) >= 11 is 0. The van der Waals surface area contributed by atoms with E-state index in [1.54, 1.807) is 6.07 Å². The van der Waals surface area contributed by atoms with Crippen LogP contribution in [-0.2, 0) is 4.79 Å². The Hall–Kier alpha value is -2.63. The minimum Gasteiger partial charge on any atom is -0.480 e. The van der Waals surface area contributed by atoms with E-state index in [2.05, 4.69) is 10.2 Å². The average molecular weight is 313 g/mol. The molecular weight excluding hydrogens is 294 g/mol. The zero-order chi connectivity index (χ0) is 16.6. The number of nitrogens with one attached hydrogen (secondary N) is 1. The van der Waals surface area contributed by atoms with Gasteiger partial charge in [-0.05, 0) is 49.9 Å². The number of likely N-dealkylation sites (tertiary alicyclic amines) is 1. The molecule has 1 saturated heterocycles. The lowest BCUT2D eigenvalue weighted by molar-refractivity contribution is -0.141. The number of carbonyl (C=O) groups excluding carboxylic acids is 1. The fraction of sp³-hybridized carbons (Fsp3) is 0.353. The molecule has 1 aromatic heterocycles. The van der Waals surface area contributed by atoms with Crippen molar-refractivity contribution >= 4 is 11.9 Å². The van der Waals surface area contributed by atoms with Crippen molar-refractivity contribution < 1.29 is 14.7 Å². The number of carboxylic acids is 1. The van der Waals surface area contributed by atoms with Gasteiger partial charge in [-0.25, -0.2) is 4.79 Å². The number of amides is 1. The fourth-order valence-corrected chi connectivity index (χ4v) is 2.90. The number of aryl methyl sites for hydroxylation is 2. The van der Waals surface area contributed by atoms with Gasteiger partial charge >= 0.3 is 5.97 Å². The first-order valence-electron chi connectivity index (χ1n) is 7.64. The Balaban J connectivity index is 1.85. The molecule has 0 saturated carbocycles. The summed E-state index contributed by atoms with van der Waals surface area (Å²) < 4.78 is 0. The van der Waals surface area contributed by atoms with Gasteiger partial charge in [-0.2, -0.15) is 5.10 Å². The monoisotopic (exact) mass is 313 g/mol. The Morgan fingerprint density at radius 1 is 1.26 bits per heavy atom. The van der Waals surface area contributed by atoms with Gasteiger partial charge in [0.1, 0.15) is 11.7 Å². The van der Waals surface area contributed by atoms with Crippen LogP contribution in [0.1, 0.15) is 34.5 Å². The van der Waals surface area contributed by atoms with E-state index in [0.29, 0.717) is 30.8 Å². The molecule has 0 bridgehead atoms. The molecule has 0 aliphatic carbocycles. The average Bonchev–Trinajstić information content (AvgIpc) is 3.18. The van der Waals surface area contributed by atoms with Gasteiger partial charge in [0.2, 0.25) is 0 Å². The maximum absolute atomic E-state index is 12.5. The van der Waals surface area contributed by atoms with E-state index in [-0.39, 0.29) is 5.91 Å². The Morgan fingerprint density at radius 3 is 2.74 bits per heavy atom. The van der Waals surface area contributed by atoms with Crippen LogP contribution in [0.2, 0.25) is 0 Å². The van der Waals surface area contributed by atoms with Crippen molar-refractivity contribution in [2.45, 2.75) is 32.7 Å². The number of hydrogen-bond donors (Lipinski definition) is 2. The highest BCUT2D eigenvalue weighted by atomic mass is 16.4. The molecule has 0 spiro atoms. The van der Waals surface area contributed by atoms with Crippen LogP contribution >= 0.6 is 0 Å². The summed E-state index contributed by atoms with van der Waals surface area (Å²) in [5.41, 5.74) is 4.29. The van der Waals surface area contributed by atoms with Gasteiger partial charge in [0.15, 0.2) is 0 Å². The van der Waals surface area contributed by atoms with Gasteiger partial charge in [0, 0.05) is 12.1 Å². The van der Waals surface area contributed by atoms with E-state index in [1.165, 1.54) is 10.5 Å². The molecule has 0 radical (unpaired) electrons. The molecule has 23 heavy (non-hydrogen) atoms. The Bertz CT molecular complexity index is 766. The maximum Gasteiger partial charge on any atom is 0.326 e. The molecule has 2 N–H and O–H groups in total. The summed E-state index contributed by atoms with van der Waals surface area (Å²) in [7, 11) is 0. The number of nitrogens with zero attached hydrogens (tertiary/aromatic N) is 2. The minimum atomic E-state index is -0.954. The van der Waals surface area contributed by atoms with Crippen LogP contribution in [0.25, 0.3) is 11.3 Å². The topological polar surface area (TPSA) is 86.3 Å². The fourth-order valence-electron chi connectivity index (χ4n) is 2.90. The van der Waals surface area contributed by atoms with Crippen molar-refractivity contribution in [3.8, 4) is 11.3 Å². The zero-order valence-corrected chi connectivity index (χ0v) is 13.2. The summed E-state index contributed by atoms with van der Waals surface area (Å²) in [6.45, 7) is 4.53. The lowest BCUT2D eigenvalue weighted by Crippen LogP contribution is -2.40. The number of rotatable bonds is 3. The molecule has 120 valence electrons. The van der Waals surface area contributed by atoms with Gasteiger partial charge in [0.05, 0.1) is 5.69 Å². The van der Waals surface area contributed by atoms with E-state index >= 15 is 0 Å². The van der Waals surface area contributed by atoms with E-state index < -0.39 is 12.0 Å². The molecule has 6 nitrogen and oxygen atoms in total. The second-order valence-electron chi connectivity index (χ2n) is 5.96. The molecule has 1 fully saturated rings. The Kier molecular flexibility index (Phi) is 3.90. The van der Waals surface area contributed by atoms with Crippen molar-refractivity contribution in [2.75, 3.05) is 6.54 Å². The van der Waals surface area contributed by atoms with Crippen LogP contribution in [0.5, 0.6) is 0 Å². The highest BCUT2D eigenvalue weighted by Gasteiger charge is 2.35. The largest absolute Gasteiger partial charge is 0.480 e. The van der Waals surface area contributed by atoms with Crippen LogP contribution < -0.4 is 0 Å². The number of aliphatic carboxylic acids is 1. The molecule has 3 rings (SSSR count). The van der Waals surface area contributed by atoms with Crippen molar-refractivity contribution in [1.29, 1.82) is 0 Å². The van der Waals surface area contributed by atoms with Gasteiger partial charge in [-0.3, -0.25) is 9.89 Å². The normalized spacial score (nSPS) is 17.5. The van der Waals surface area contributed by atoms with Gasteiger partial charge < -0.3 is 10.0 Å². The third kappa shape index (κ3) is 2.84. The van der Waals surface area contributed by atoms with E-state index in [0.717, 1.165) is 11.1 Å². The second-order valence-corrected chi connectivity index (χ2v) is 5.96. The van der Waals surface area contributed by atoms with Crippen LogP contribution in [0.15, 0.2) is 24.3 Å². The lowest BCUT2D eigenvalue weighted by atomic mass is 10.0. The van der Waals surface area contributed by atoms with E-state index in [1.807, 2.05) is 32.0 Å². The summed E-state index contributed by atoms with van der Waals surface area (Å²) in [6, 6.07) is 6.94. The maximum atomic E-state index is 12.5. The molecule has 1 aromatic carbocycles. The summed E-state index contributed by atoms with van der Waals surface area (Å²) in [5, 5.41) is 16.1. The Morgan fingerprint density at radius 2 is 2.04 bits per heavy atom. The second kappa shape index (κ2) is 5.87. The highest BCUT2D eigenvalue weighted by Crippen LogP contribution is 2.24. The van der Waals surface area contributed by atoms with E-state index in [9.17, 15) is 14.7 Å². The van der Waals surface area contributed by atoms with Crippen LogP contribution in [0, 0.1) is 13.8 Å². The molecule has 1 unspecified atom stereocenters. The summed E-state index contributed by atoms with van der Waals surface area (Å²) in [5.74, 6) is -1.26. The first-order chi connectivity index (χ1) is 11.0. The standard InChI is InChI=1S/C17H19N3O3/c1-10-5-6-12(8-11(10)2)13-9-14(19-18-13)16(21)20-7-3-4-15(20)17(22)23/h5-6,8-9,15H,3-4,7H2,1-2H3,(H,18,19)(H,22,23). The van der Waals surface area contributed by atoms with Crippen molar-refractivity contribution in [1.82, 2.24) is 15.1 Å². The number of benzene rings is 1. The Labute approximate surface area is 134 Å². The molecule has 1 aliphatic rings. The summed E-state index contributed by atoms with van der Waals surface area (Å²) in [6.07, 6.45) is 1.21. The third-order valence-corrected chi connectivity index (χ3v) is 4.41. The quantitative estimate of drug-likeness (QED) is 0.911. The van der Waals surface area contributed by atoms with Crippen molar-refractivity contribution in [3.05, 3.63) is 41.1 Å². The zero-order valence-electron chi connectivity index (χ0n) is 13.2. The van der Waals surface area contributed by atoms with Crippen LogP contribution in [0.4, 0.5) is 0 Å². The number of aromatic nitrogens is 2. The van der Waals surface area contributed by atoms with Crippen LogP contribution in [0.3, 0.4) is 0 Å². The van der Waals surface area contributed by atoms with Crippen molar-refractivity contribution in [3.63, 3.8) is 0 Å². The highest BCUT2D eigenvalue weighted by molar-refractivity contribution is 5.96. The van der Waals surface area contributed by atoms with Crippen LogP contribution in [-0.4, -0.2) is 44.7 Å². The molecule has 2 aromatic rings. The predicted octanol–water partition coefficient (Wildman–Crippen LogP) is 2.38. The number of carbonyl (C=O) groups is 2. The van der Waals surface area contributed by atoms with Gasteiger partial charge in [0.25, 0.3) is 5.91 Å². The molecule has 1 aliphatic heterocycles. The van der Waals surface area contributed by atoms with Gasteiger partial charge in [-0.15, -0.1) is 0 Å². The molecule has 2 heterocycles. The minimum absolute atomic E-state index is 0.308. The smallest absolute Gasteiger partial charge is 0.326 e. The predicted molar refractivity (Wildman–Crippen MR) is 85.2 cm³/mol. The van der Waals surface area contributed by atoms with E-state index in [4.69, 9.17) is 0 Å².